The molecule has 2 heterocycles. The fourth-order valence-corrected chi connectivity index (χ4v) is 3.89. The van der Waals surface area contributed by atoms with Crippen LogP contribution < -0.4 is 5.32 Å². The monoisotopic (exact) mass is 427 g/mol. The first-order valence-electron chi connectivity index (χ1n) is 10.2. The number of nitrogens with zero attached hydrogens (tertiary/aromatic N) is 1. The van der Waals surface area contributed by atoms with E-state index in [2.05, 4.69) is 15.5 Å². The number of benzene rings is 2. The van der Waals surface area contributed by atoms with E-state index < -0.39 is 28.9 Å². The minimum atomic E-state index is -1.17. The van der Waals surface area contributed by atoms with Crippen molar-refractivity contribution in [1.82, 2.24) is 4.98 Å². The van der Waals surface area contributed by atoms with Crippen LogP contribution in [0.25, 0.3) is 22.0 Å². The van der Waals surface area contributed by atoms with E-state index in [1.165, 1.54) is 6.07 Å². The largest absolute Gasteiger partial charge is 0.390 e. The normalized spacial score (nSPS) is 19.4. The van der Waals surface area contributed by atoms with E-state index in [9.17, 15) is 5.11 Å². The van der Waals surface area contributed by atoms with Gasteiger partial charge in [-0.3, -0.25) is 0 Å². The third-order valence-corrected chi connectivity index (χ3v) is 5.48. The molecule has 4 rings (SSSR count). The zero-order valence-corrected chi connectivity index (χ0v) is 18.5. The molecule has 0 radical (unpaired) electrons. The molecule has 3 aromatic rings. The van der Waals surface area contributed by atoms with Gasteiger partial charge in [0.25, 0.3) is 0 Å². The van der Waals surface area contributed by atoms with Crippen LogP contribution >= 0.6 is 0 Å². The molecule has 0 spiro atoms. The van der Waals surface area contributed by atoms with Crippen LogP contribution in [-0.4, -0.2) is 33.0 Å². The molecule has 1 aliphatic rings. The number of aliphatic hydroxyl groups excluding tert-OH is 1. The molecular weight excluding hydrogens is 400 g/mol. The van der Waals surface area contributed by atoms with E-state index in [0.29, 0.717) is 11.1 Å². The number of halogens is 2. The van der Waals surface area contributed by atoms with Crippen LogP contribution in [-0.2, 0) is 4.84 Å². The number of nitrogens with one attached hydrogen (secondary N) is 2. The van der Waals surface area contributed by atoms with Gasteiger partial charge in [0, 0.05) is 22.8 Å². The topological polar surface area (TPSA) is 69.6 Å². The number of aliphatic hydroxyl groups is 1. The average molecular weight is 427 g/mol. The van der Waals surface area contributed by atoms with Crippen LogP contribution in [0.3, 0.4) is 0 Å². The minimum absolute atomic E-state index is 0.00718. The summed E-state index contributed by atoms with van der Waals surface area (Å²) in [7, 11) is 0. The highest BCUT2D eigenvalue weighted by molar-refractivity contribution is 6.12. The van der Waals surface area contributed by atoms with Crippen LogP contribution in [0.1, 0.15) is 45.7 Å². The number of oxime groups is 1. The number of anilines is 1. The molecule has 0 amide bonds. The van der Waals surface area contributed by atoms with E-state index in [1.807, 2.05) is 13.0 Å². The summed E-state index contributed by atoms with van der Waals surface area (Å²) in [5, 5.41) is 19.0. The summed E-state index contributed by atoms with van der Waals surface area (Å²) in [6.07, 6.45) is 0.638. The zero-order chi connectivity index (χ0) is 22.7. The highest BCUT2D eigenvalue weighted by atomic mass is 19.1. The number of aryl methyl sites for hydroxylation is 1. The van der Waals surface area contributed by atoms with E-state index in [0.717, 1.165) is 10.9 Å². The lowest BCUT2D eigenvalue weighted by molar-refractivity contribution is -0.00168. The molecule has 5 nitrogen and oxygen atoms in total. The summed E-state index contributed by atoms with van der Waals surface area (Å²) in [6, 6.07) is 6.59. The van der Waals surface area contributed by atoms with Crippen LogP contribution in [0, 0.1) is 18.6 Å². The fraction of sp³-hybridized carbons (Fsp3) is 0.375. The van der Waals surface area contributed by atoms with Crippen LogP contribution in [0.4, 0.5) is 14.5 Å². The smallest absolute Gasteiger partial charge is 0.145 e. The van der Waals surface area contributed by atoms with Gasteiger partial charge in [0.05, 0.1) is 22.2 Å². The quantitative estimate of drug-likeness (QED) is 0.473. The number of rotatable bonds is 2. The Morgan fingerprint density at radius 2 is 1.87 bits per heavy atom. The molecule has 0 saturated carbocycles. The molecular formula is C24H27F2N3O2. The van der Waals surface area contributed by atoms with Crippen LogP contribution in [0.15, 0.2) is 35.6 Å². The summed E-state index contributed by atoms with van der Waals surface area (Å²) >= 11 is 0. The molecule has 1 aromatic heterocycles. The molecule has 1 aliphatic heterocycles. The van der Waals surface area contributed by atoms with E-state index in [1.54, 1.807) is 52.9 Å². The van der Waals surface area contributed by atoms with Gasteiger partial charge in [-0.05, 0) is 53.2 Å². The van der Waals surface area contributed by atoms with Gasteiger partial charge in [0.15, 0.2) is 0 Å². The summed E-state index contributed by atoms with van der Waals surface area (Å²) in [6.45, 7) is 10.8. The number of hydrogen-bond donors (Lipinski definition) is 3. The van der Waals surface area contributed by atoms with Crippen molar-refractivity contribution in [1.29, 1.82) is 0 Å². The Morgan fingerprint density at radius 3 is 2.55 bits per heavy atom. The summed E-state index contributed by atoms with van der Waals surface area (Å²) < 4.78 is 31.3. The molecule has 164 valence electrons. The Bertz CT molecular complexity index is 1210. The first-order chi connectivity index (χ1) is 14.4. The molecule has 0 bridgehead atoms. The third-order valence-electron chi connectivity index (χ3n) is 5.48. The molecule has 3 N–H and O–H groups in total. The SMILES string of the molecule is Cc1c[nH]c2c(-c3c(F)cc4c(c3F)C(=NOC(C)(C)C)C(O)C(C)(C)N4)cccc12. The number of hydrogen-bond acceptors (Lipinski definition) is 4. The number of para-hydroxylation sites is 1. The molecule has 2 aromatic carbocycles. The van der Waals surface area contributed by atoms with Gasteiger partial charge in [0.2, 0.25) is 0 Å². The molecule has 1 atom stereocenters. The second-order valence-electron chi connectivity index (χ2n) is 9.60. The first kappa shape index (κ1) is 21.3. The molecule has 0 fully saturated rings. The first-order valence-corrected chi connectivity index (χ1v) is 10.2. The van der Waals surface area contributed by atoms with E-state index in [-0.39, 0.29) is 22.5 Å². The third kappa shape index (κ3) is 3.57. The Hall–Kier alpha value is -2.93. The van der Waals surface area contributed by atoms with Crippen molar-refractivity contribution in [2.75, 3.05) is 5.32 Å². The average Bonchev–Trinajstić information content (AvgIpc) is 3.03. The van der Waals surface area contributed by atoms with Crippen molar-refractivity contribution >= 4 is 22.3 Å². The molecule has 0 saturated heterocycles. The van der Waals surface area contributed by atoms with Crippen molar-refractivity contribution < 1.29 is 18.7 Å². The number of H-pyrrole nitrogens is 1. The summed E-state index contributed by atoms with van der Waals surface area (Å²) in [4.78, 5) is 8.64. The van der Waals surface area contributed by atoms with Crippen molar-refractivity contribution in [3.63, 3.8) is 0 Å². The number of aromatic nitrogens is 1. The molecule has 0 aliphatic carbocycles. The highest BCUT2D eigenvalue weighted by Gasteiger charge is 2.42. The van der Waals surface area contributed by atoms with Crippen molar-refractivity contribution in [2.45, 2.75) is 58.8 Å². The van der Waals surface area contributed by atoms with E-state index >= 15 is 8.78 Å². The Balaban J connectivity index is 2.00. The highest BCUT2D eigenvalue weighted by Crippen LogP contribution is 2.41. The fourth-order valence-electron chi connectivity index (χ4n) is 3.89. The predicted octanol–water partition coefficient (Wildman–Crippen LogP) is 5.51. The second-order valence-corrected chi connectivity index (χ2v) is 9.60. The second kappa shape index (κ2) is 7.05. The minimum Gasteiger partial charge on any atom is -0.390 e. The number of fused-ring (bicyclic) bond motifs is 2. The van der Waals surface area contributed by atoms with Gasteiger partial charge in [0.1, 0.15) is 29.1 Å². The summed E-state index contributed by atoms with van der Waals surface area (Å²) in [5.74, 6) is -1.50. The molecule has 1 unspecified atom stereocenters. The summed E-state index contributed by atoms with van der Waals surface area (Å²) in [5.41, 5.74) is 0.568. The number of aromatic amines is 1. The lowest BCUT2D eigenvalue weighted by atomic mass is 9.83. The Kier molecular flexibility index (Phi) is 4.85. The van der Waals surface area contributed by atoms with Gasteiger partial charge < -0.3 is 20.2 Å². The van der Waals surface area contributed by atoms with Gasteiger partial charge >= 0.3 is 0 Å². The maximum Gasteiger partial charge on any atom is 0.145 e. The van der Waals surface area contributed by atoms with Crippen LogP contribution in [0.2, 0.25) is 0 Å². The Morgan fingerprint density at radius 1 is 1.16 bits per heavy atom. The zero-order valence-electron chi connectivity index (χ0n) is 18.5. The standard InChI is InChI=1S/C24H27F2N3O2/c1-12-11-27-20-13(12)8-7-9-14(20)17-15(25)10-16-18(19(17)26)21(29-31-23(2,3)4)22(30)24(5,6)28-16/h7-11,22,27-28,30H,1-6H3. The van der Waals surface area contributed by atoms with Gasteiger partial charge in [-0.1, -0.05) is 23.4 Å². The lowest BCUT2D eigenvalue weighted by Crippen LogP contribution is -2.52. The van der Waals surface area contributed by atoms with Gasteiger partial charge in [-0.25, -0.2) is 8.78 Å². The van der Waals surface area contributed by atoms with Crippen molar-refractivity contribution in [3.05, 3.63) is 53.2 Å². The predicted molar refractivity (Wildman–Crippen MR) is 119 cm³/mol. The van der Waals surface area contributed by atoms with Crippen molar-refractivity contribution in [2.24, 2.45) is 5.16 Å². The maximum atomic E-state index is 16.0. The van der Waals surface area contributed by atoms with Crippen LogP contribution in [0.5, 0.6) is 0 Å². The lowest BCUT2D eigenvalue weighted by Gasteiger charge is -2.39. The molecule has 31 heavy (non-hydrogen) atoms. The van der Waals surface area contributed by atoms with Crippen molar-refractivity contribution in [3.8, 4) is 11.1 Å². The molecule has 7 heteroatoms. The maximum absolute atomic E-state index is 16.0. The Labute approximate surface area is 180 Å². The van der Waals surface area contributed by atoms with Gasteiger partial charge in [-0.15, -0.1) is 0 Å². The van der Waals surface area contributed by atoms with Gasteiger partial charge in [-0.2, -0.15) is 0 Å². The van der Waals surface area contributed by atoms with E-state index in [4.69, 9.17) is 4.84 Å².